The van der Waals surface area contributed by atoms with Crippen LogP contribution in [0.1, 0.15) is 38.1 Å². The van der Waals surface area contributed by atoms with Crippen molar-refractivity contribution in [3.63, 3.8) is 0 Å². The molecule has 1 aromatic carbocycles. The van der Waals surface area contributed by atoms with E-state index in [1.165, 1.54) is 16.4 Å². The smallest absolute Gasteiger partial charge is 0.182 e. The fraction of sp³-hybridized carbons (Fsp3) is 0.611. The van der Waals surface area contributed by atoms with Crippen molar-refractivity contribution in [3.8, 4) is 0 Å². The minimum atomic E-state index is -0.467. The van der Waals surface area contributed by atoms with Gasteiger partial charge in [0.05, 0.1) is 18.8 Å². The lowest BCUT2D eigenvalue weighted by Crippen LogP contribution is -2.54. The van der Waals surface area contributed by atoms with Crippen LogP contribution in [-0.4, -0.2) is 54.0 Å². The number of morpholine rings is 1. The number of carbonyl (C=O) groups excluding carboxylic acids is 1. The highest BCUT2D eigenvalue weighted by molar-refractivity contribution is 8.17. The Bertz CT molecular complexity index is 488. The zero-order valence-corrected chi connectivity index (χ0v) is 15.2. The highest BCUT2D eigenvalue weighted by atomic mass is 32.2. The van der Waals surface area contributed by atoms with Gasteiger partial charge in [0.25, 0.3) is 0 Å². The third-order valence-corrected chi connectivity index (χ3v) is 7.17. The lowest BCUT2D eigenvalue weighted by molar-refractivity contribution is -0.00430. The molecule has 4 heteroatoms. The molecular weight excluding hydrogens is 294 g/mol. The molecule has 2 rings (SSSR count). The number of hydrogen-bond donors (Lipinski definition) is 1. The maximum atomic E-state index is 12.9. The van der Waals surface area contributed by atoms with Crippen LogP contribution in [0.2, 0.25) is 0 Å². The van der Waals surface area contributed by atoms with Crippen LogP contribution in [0.25, 0.3) is 0 Å². The van der Waals surface area contributed by atoms with Gasteiger partial charge in [0.1, 0.15) is 0 Å². The van der Waals surface area contributed by atoms with Gasteiger partial charge in [-0.15, -0.1) is 0 Å². The monoisotopic (exact) mass is 323 g/mol. The van der Waals surface area contributed by atoms with Gasteiger partial charge in [0, 0.05) is 18.7 Å². The fourth-order valence-corrected chi connectivity index (χ4v) is 4.78. The average molecular weight is 324 g/mol. The zero-order chi connectivity index (χ0) is 16.2. The lowest BCUT2D eigenvalue weighted by atomic mass is 9.91. The van der Waals surface area contributed by atoms with Crippen molar-refractivity contribution >= 4 is 16.7 Å². The molecule has 0 aromatic heterocycles. The van der Waals surface area contributed by atoms with E-state index in [4.69, 9.17) is 4.74 Å². The standard InChI is InChI=1S/C18H29NO2S/c1-5-22(6-2)16-9-7-15(8-10-16)17(20)18(3,4)19-11-13-21-14-12-19/h7-10,22H,5-6,11-14H2,1-4H3. The third-order valence-electron chi connectivity index (χ3n) is 4.62. The first kappa shape index (κ1) is 17.5. The number of Topliss-reactive ketones (excluding diaryl/α,β-unsaturated/α-hetero) is 1. The van der Waals surface area contributed by atoms with E-state index in [-0.39, 0.29) is 16.7 Å². The van der Waals surface area contributed by atoms with Crippen LogP contribution in [0.4, 0.5) is 0 Å². The van der Waals surface area contributed by atoms with Gasteiger partial charge < -0.3 is 4.74 Å². The number of thiol groups is 1. The van der Waals surface area contributed by atoms with E-state index >= 15 is 0 Å². The summed E-state index contributed by atoms with van der Waals surface area (Å²) in [6.45, 7) is 11.6. The van der Waals surface area contributed by atoms with Crippen LogP contribution in [0.5, 0.6) is 0 Å². The van der Waals surface area contributed by atoms with Gasteiger partial charge in [-0.2, -0.15) is 0 Å². The van der Waals surface area contributed by atoms with Gasteiger partial charge in [-0.05, 0) is 42.4 Å². The number of carbonyl (C=O) groups is 1. The molecule has 1 aliphatic heterocycles. The Morgan fingerprint density at radius 1 is 1.14 bits per heavy atom. The van der Waals surface area contributed by atoms with E-state index in [1.807, 2.05) is 26.0 Å². The Morgan fingerprint density at radius 2 is 1.68 bits per heavy atom. The molecule has 1 saturated heterocycles. The van der Waals surface area contributed by atoms with Crippen LogP contribution < -0.4 is 0 Å². The quantitative estimate of drug-likeness (QED) is 0.643. The van der Waals surface area contributed by atoms with E-state index in [2.05, 4.69) is 30.9 Å². The Morgan fingerprint density at radius 3 is 2.18 bits per heavy atom. The molecule has 0 bridgehead atoms. The molecule has 0 unspecified atom stereocenters. The maximum Gasteiger partial charge on any atom is 0.182 e. The first-order chi connectivity index (χ1) is 10.5. The minimum absolute atomic E-state index is 0.0615. The predicted molar refractivity (Wildman–Crippen MR) is 95.6 cm³/mol. The first-order valence-electron chi connectivity index (χ1n) is 8.23. The summed E-state index contributed by atoms with van der Waals surface area (Å²) < 4.78 is 5.40. The number of nitrogens with zero attached hydrogens (tertiary/aromatic N) is 1. The molecule has 0 spiro atoms. The van der Waals surface area contributed by atoms with Gasteiger partial charge in [0.15, 0.2) is 5.78 Å². The largest absolute Gasteiger partial charge is 0.379 e. The van der Waals surface area contributed by atoms with Crippen molar-refractivity contribution in [2.24, 2.45) is 0 Å². The van der Waals surface area contributed by atoms with Crippen molar-refractivity contribution in [3.05, 3.63) is 29.8 Å². The molecule has 22 heavy (non-hydrogen) atoms. The second kappa shape index (κ2) is 7.62. The van der Waals surface area contributed by atoms with Crippen molar-refractivity contribution < 1.29 is 9.53 Å². The average Bonchev–Trinajstić information content (AvgIpc) is 2.57. The topological polar surface area (TPSA) is 29.5 Å². The molecule has 124 valence electrons. The predicted octanol–water partition coefficient (Wildman–Crippen LogP) is 3.38. The maximum absolute atomic E-state index is 12.9. The third kappa shape index (κ3) is 3.73. The highest BCUT2D eigenvalue weighted by Crippen LogP contribution is 2.35. The molecule has 0 atom stereocenters. The Kier molecular flexibility index (Phi) is 6.07. The van der Waals surface area contributed by atoms with Crippen LogP contribution in [0.15, 0.2) is 29.2 Å². The number of rotatable bonds is 6. The molecule has 0 aliphatic carbocycles. The van der Waals surface area contributed by atoms with Crippen LogP contribution in [0, 0.1) is 0 Å². The highest BCUT2D eigenvalue weighted by Gasteiger charge is 2.35. The summed E-state index contributed by atoms with van der Waals surface area (Å²) in [5.74, 6) is 2.62. The summed E-state index contributed by atoms with van der Waals surface area (Å²) in [5, 5.41) is 0. The van der Waals surface area contributed by atoms with Gasteiger partial charge >= 0.3 is 0 Å². The van der Waals surface area contributed by atoms with Crippen molar-refractivity contribution in [2.45, 2.75) is 38.1 Å². The molecule has 1 aliphatic rings. The summed E-state index contributed by atoms with van der Waals surface area (Å²) in [4.78, 5) is 16.5. The van der Waals surface area contributed by atoms with Crippen molar-refractivity contribution in [1.82, 2.24) is 4.90 Å². The fourth-order valence-electron chi connectivity index (χ4n) is 3.03. The Hall–Kier alpha value is -0.840. The van der Waals surface area contributed by atoms with E-state index in [0.717, 1.165) is 18.7 Å². The van der Waals surface area contributed by atoms with Crippen LogP contribution in [0.3, 0.4) is 0 Å². The Labute approximate surface area is 137 Å². The molecular formula is C18H29NO2S. The van der Waals surface area contributed by atoms with E-state index < -0.39 is 5.54 Å². The number of benzene rings is 1. The Balaban J connectivity index is 2.14. The number of ketones is 1. The summed E-state index contributed by atoms with van der Waals surface area (Å²) >= 11 is 0. The second-order valence-electron chi connectivity index (χ2n) is 6.21. The molecule has 1 fully saturated rings. The van der Waals surface area contributed by atoms with E-state index in [9.17, 15) is 4.79 Å². The molecule has 0 radical (unpaired) electrons. The lowest BCUT2D eigenvalue weighted by Gasteiger charge is -2.39. The second-order valence-corrected chi connectivity index (χ2v) is 9.07. The van der Waals surface area contributed by atoms with Gasteiger partial charge in [0.2, 0.25) is 0 Å². The summed E-state index contributed by atoms with van der Waals surface area (Å²) in [6, 6.07) is 8.34. The van der Waals surface area contributed by atoms with Crippen LogP contribution >= 0.6 is 10.9 Å². The molecule has 0 amide bonds. The van der Waals surface area contributed by atoms with Gasteiger partial charge in [-0.1, -0.05) is 26.0 Å². The van der Waals surface area contributed by atoms with Gasteiger partial charge in [-0.25, -0.2) is 10.9 Å². The number of ether oxygens (including phenoxy) is 1. The summed E-state index contributed by atoms with van der Waals surface area (Å²) in [5.41, 5.74) is 0.355. The minimum Gasteiger partial charge on any atom is -0.379 e. The zero-order valence-electron chi connectivity index (χ0n) is 14.3. The van der Waals surface area contributed by atoms with Crippen LogP contribution in [-0.2, 0) is 4.74 Å². The summed E-state index contributed by atoms with van der Waals surface area (Å²) in [7, 11) is -0.0615. The van der Waals surface area contributed by atoms with E-state index in [0.29, 0.717) is 13.2 Å². The first-order valence-corrected chi connectivity index (χ1v) is 9.94. The molecule has 3 nitrogen and oxygen atoms in total. The molecule has 1 heterocycles. The number of hydrogen-bond acceptors (Lipinski definition) is 3. The normalized spacial score (nSPS) is 17.4. The van der Waals surface area contributed by atoms with E-state index in [1.54, 1.807) is 0 Å². The summed E-state index contributed by atoms with van der Waals surface area (Å²) in [6.07, 6.45) is 0. The molecule has 0 saturated carbocycles. The SMILES string of the molecule is CC[SH](CC)c1ccc(C(=O)C(C)(C)N2CCOCC2)cc1. The molecule has 0 N–H and O–H groups in total. The van der Waals surface area contributed by atoms with Crippen molar-refractivity contribution in [1.29, 1.82) is 0 Å². The van der Waals surface area contributed by atoms with Gasteiger partial charge in [-0.3, -0.25) is 9.69 Å². The van der Waals surface area contributed by atoms with Crippen molar-refractivity contribution in [2.75, 3.05) is 37.8 Å². The molecule has 1 aromatic rings.